The SMILES string of the molecule is CC(C)(C)OC(=O)NCc1ccc(-c2nc3ncccc3cc2-c2ccccc2)cc1.Cl.Cl.O=Cc1ccc(-c2nc3ncccc3cc2-c2ccccc2)cc1.[Cl-].[NH3+]Cc1ccc(-c2nc3ncccc3cc2-c2ccccc2)cc1.c1ccc(-c2cc3cccnc3nc2-c2ccc(C3OCCO3)cc2)cc1. The summed E-state index contributed by atoms with van der Waals surface area (Å²) in [7, 11) is 0. The molecule has 16 aromatic rings. The van der Waals surface area contributed by atoms with E-state index in [0.717, 1.165) is 146 Å². The quantitative estimate of drug-likeness (QED) is 0.103. The predicted molar refractivity (Wildman–Crippen MR) is 436 cm³/mol. The molecule has 1 fully saturated rings. The molecule has 0 bridgehead atoms. The monoisotopic (exact) mass is 1490 g/mol. The van der Waals surface area contributed by atoms with Gasteiger partial charge < -0.3 is 37.7 Å². The van der Waals surface area contributed by atoms with Crippen molar-refractivity contribution in [3.63, 3.8) is 0 Å². The minimum absolute atomic E-state index is 0. The van der Waals surface area contributed by atoms with Gasteiger partial charge in [-0.15, -0.1) is 24.8 Å². The van der Waals surface area contributed by atoms with Crippen LogP contribution in [0.2, 0.25) is 0 Å². The molecule has 0 aliphatic carbocycles. The molecule has 0 radical (unpaired) electrons. The largest absolute Gasteiger partial charge is 1.00 e. The van der Waals surface area contributed by atoms with E-state index in [4.69, 9.17) is 34.1 Å². The highest BCUT2D eigenvalue weighted by molar-refractivity contribution is 5.94. The summed E-state index contributed by atoms with van der Waals surface area (Å²) in [5, 5.41) is 6.88. The Bertz CT molecular complexity index is 5690. The van der Waals surface area contributed by atoms with E-state index >= 15 is 0 Å². The van der Waals surface area contributed by atoms with Crippen molar-refractivity contribution in [3.05, 3.63) is 338 Å². The van der Waals surface area contributed by atoms with Gasteiger partial charge >= 0.3 is 6.09 Å². The molecule has 9 heterocycles. The van der Waals surface area contributed by atoms with Crippen LogP contribution in [-0.2, 0) is 27.3 Å². The molecule has 1 aliphatic rings. The lowest BCUT2D eigenvalue weighted by atomic mass is 9.97. The molecular weight excluding hydrogens is 1420 g/mol. The number of fused-ring (bicyclic) bond motifs is 4. The molecule has 1 saturated heterocycles. The summed E-state index contributed by atoms with van der Waals surface area (Å²) in [6, 6.07) is 97.7. The molecule has 0 saturated carbocycles. The van der Waals surface area contributed by atoms with Gasteiger partial charge in [0.25, 0.3) is 0 Å². The second-order valence-electron chi connectivity index (χ2n) is 26.1. The molecule has 1 amide bonds. The van der Waals surface area contributed by atoms with Gasteiger partial charge in [-0.3, -0.25) is 4.79 Å². The molecule has 0 atom stereocenters. The Morgan fingerprint density at radius 1 is 0.413 bits per heavy atom. The number of ether oxygens (including phenoxy) is 3. The maximum atomic E-state index is 11.9. The molecular formula is C91H77Cl3N10O5. The Hall–Kier alpha value is -12.3. The summed E-state index contributed by atoms with van der Waals surface area (Å²) < 4.78 is 16.5. The average molecular weight is 1500 g/mol. The average Bonchev–Trinajstić information content (AvgIpc) is 1.23. The fourth-order valence-corrected chi connectivity index (χ4v) is 12.4. The first-order valence-corrected chi connectivity index (χ1v) is 35.1. The van der Waals surface area contributed by atoms with Crippen LogP contribution in [0.25, 0.3) is 134 Å². The number of aldehydes is 1. The molecule has 0 spiro atoms. The van der Waals surface area contributed by atoms with Crippen LogP contribution in [0.3, 0.4) is 0 Å². The van der Waals surface area contributed by atoms with Gasteiger partial charge in [-0.2, -0.15) is 0 Å². The van der Waals surface area contributed by atoms with Crippen LogP contribution in [0.15, 0.2) is 316 Å². The number of pyridine rings is 8. The molecule has 15 nitrogen and oxygen atoms in total. The number of halogens is 3. The number of benzene rings is 8. The molecule has 109 heavy (non-hydrogen) atoms. The van der Waals surface area contributed by atoms with E-state index in [1.807, 2.05) is 172 Å². The van der Waals surface area contributed by atoms with Gasteiger partial charge in [-0.05, 0) is 121 Å². The van der Waals surface area contributed by atoms with Crippen LogP contribution in [0, 0.1) is 0 Å². The highest BCUT2D eigenvalue weighted by Gasteiger charge is 2.21. The van der Waals surface area contributed by atoms with E-state index in [9.17, 15) is 9.59 Å². The third-order valence-electron chi connectivity index (χ3n) is 17.7. The van der Waals surface area contributed by atoms with Crippen LogP contribution in [0.1, 0.15) is 54.1 Å². The molecule has 8 aromatic heterocycles. The zero-order valence-corrected chi connectivity index (χ0v) is 62.4. The van der Waals surface area contributed by atoms with Gasteiger partial charge in [0.05, 0.1) is 42.5 Å². The Morgan fingerprint density at radius 3 is 1.02 bits per heavy atom. The topological polar surface area (TPSA) is 205 Å². The minimum Gasteiger partial charge on any atom is -1.00 e. The highest BCUT2D eigenvalue weighted by Crippen LogP contribution is 2.38. The number of carbonyl (C=O) groups excluding carboxylic acids is 2. The Morgan fingerprint density at radius 2 is 0.716 bits per heavy atom. The zero-order chi connectivity index (χ0) is 72.6. The summed E-state index contributed by atoms with van der Waals surface area (Å²) in [6.07, 6.45) is 7.22. The van der Waals surface area contributed by atoms with Gasteiger partial charge in [0.1, 0.15) is 11.9 Å². The van der Waals surface area contributed by atoms with Crippen molar-refractivity contribution >= 4 is 81.3 Å². The number of hydrogen-bond acceptors (Lipinski definition) is 13. The fraction of sp³-hybridized carbons (Fsp3) is 0.0989. The van der Waals surface area contributed by atoms with Crippen LogP contribution < -0.4 is 23.5 Å². The second-order valence-corrected chi connectivity index (χ2v) is 26.1. The van der Waals surface area contributed by atoms with Gasteiger partial charge in [-0.1, -0.05) is 218 Å². The third-order valence-corrected chi connectivity index (χ3v) is 17.7. The van der Waals surface area contributed by atoms with Crippen molar-refractivity contribution in [3.8, 4) is 89.5 Å². The number of amides is 1. The van der Waals surface area contributed by atoms with Crippen molar-refractivity contribution < 1.29 is 41.9 Å². The number of carbonyl (C=O) groups is 2. The molecule has 8 aromatic carbocycles. The molecule has 17 rings (SSSR count). The fourth-order valence-electron chi connectivity index (χ4n) is 12.4. The van der Waals surface area contributed by atoms with E-state index in [-0.39, 0.29) is 43.5 Å². The second kappa shape index (κ2) is 36.8. The number of nitrogens with one attached hydrogen (secondary N) is 1. The number of quaternary nitrogens is 1. The molecule has 4 N–H and O–H groups in total. The van der Waals surface area contributed by atoms with E-state index < -0.39 is 11.7 Å². The van der Waals surface area contributed by atoms with Crippen LogP contribution in [0.4, 0.5) is 4.79 Å². The summed E-state index contributed by atoms with van der Waals surface area (Å²) in [5.74, 6) is 0. The Kier molecular flexibility index (Phi) is 26.3. The first-order valence-electron chi connectivity index (χ1n) is 35.1. The smallest absolute Gasteiger partial charge is 0.407 e. The van der Waals surface area contributed by atoms with Crippen molar-refractivity contribution in [2.24, 2.45) is 0 Å². The lowest BCUT2D eigenvalue weighted by Crippen LogP contribution is -3.00. The summed E-state index contributed by atoms with van der Waals surface area (Å²) in [4.78, 5) is 59.8. The minimum atomic E-state index is -0.516. The van der Waals surface area contributed by atoms with E-state index in [0.29, 0.717) is 36.6 Å². The third kappa shape index (κ3) is 19.3. The van der Waals surface area contributed by atoms with Crippen molar-refractivity contribution in [1.29, 1.82) is 0 Å². The van der Waals surface area contributed by atoms with Gasteiger partial charge in [-0.25, -0.2) is 44.7 Å². The molecule has 18 heteroatoms. The van der Waals surface area contributed by atoms with Gasteiger partial charge in [0.2, 0.25) is 0 Å². The number of rotatable bonds is 13. The van der Waals surface area contributed by atoms with Crippen molar-refractivity contribution in [2.75, 3.05) is 13.2 Å². The lowest BCUT2D eigenvalue weighted by Gasteiger charge is -2.19. The van der Waals surface area contributed by atoms with Crippen LogP contribution in [0.5, 0.6) is 0 Å². The molecule has 1 aliphatic heterocycles. The van der Waals surface area contributed by atoms with E-state index in [1.165, 1.54) is 5.56 Å². The number of alkyl carbamates (subject to hydrolysis) is 1. The van der Waals surface area contributed by atoms with Crippen molar-refractivity contribution in [1.82, 2.24) is 45.2 Å². The van der Waals surface area contributed by atoms with E-state index in [2.05, 4.69) is 158 Å². The first-order chi connectivity index (χ1) is 52.0. The Balaban J connectivity index is 0.000000144. The number of nitrogens with zero attached hydrogens (tertiary/aromatic N) is 8. The molecule has 0 unspecified atom stereocenters. The van der Waals surface area contributed by atoms with Gasteiger partial charge in [0, 0.05) is 114 Å². The van der Waals surface area contributed by atoms with Crippen molar-refractivity contribution in [2.45, 2.75) is 45.8 Å². The summed E-state index contributed by atoms with van der Waals surface area (Å²) >= 11 is 0. The number of hydrogen-bond donors (Lipinski definition) is 2. The van der Waals surface area contributed by atoms with E-state index in [1.54, 1.807) is 36.9 Å². The predicted octanol–water partition coefficient (Wildman–Crippen LogP) is 17.3. The highest BCUT2D eigenvalue weighted by atomic mass is 35.5. The maximum Gasteiger partial charge on any atom is 0.407 e. The standard InChI is InChI=1S/C26H25N3O2.C23H18N2O2.C21H17N3.C21H14N2O.3ClH/c1-26(2,3)31-25(30)28-17-18-11-13-20(14-12-18)23-22(19-8-5-4-6-9-19)16-21-10-7-15-27-24(21)29-23;1-2-5-16(6-3-1)20-15-19-7-4-12-24-22(19)25-21(20)17-8-10-18(11-9-17)23-26-13-14-27-23;22-14-15-8-10-17(11-9-15)20-19(16-5-2-1-3-6-16)13-18-7-4-12-23-21(18)24-20;24-14-15-8-10-17(11-9-15)20-19(16-5-2-1-3-6-16)13-18-7-4-12-22-21(18)23-20;;;/h4-16H,17H2,1-3H3,(H,28,30);1-12,15,23H,13-14H2;1-13H,14,22H2;1-14H;3*1H. The maximum absolute atomic E-state index is 11.9. The normalized spacial score (nSPS) is 11.6. The first kappa shape index (κ1) is 77.8. The van der Waals surface area contributed by atoms with Crippen LogP contribution in [-0.4, -0.2) is 71.1 Å². The Labute approximate surface area is 651 Å². The summed E-state index contributed by atoms with van der Waals surface area (Å²) in [6.45, 7) is 8.00. The number of aromatic nitrogens is 8. The summed E-state index contributed by atoms with van der Waals surface area (Å²) in [5.41, 5.74) is 26.8. The van der Waals surface area contributed by atoms with Gasteiger partial charge in [0.15, 0.2) is 28.9 Å². The molecule has 542 valence electrons. The van der Waals surface area contributed by atoms with Crippen LogP contribution >= 0.6 is 24.8 Å². The lowest BCUT2D eigenvalue weighted by molar-refractivity contribution is -0.386. The zero-order valence-electron chi connectivity index (χ0n) is 60.0.